The van der Waals surface area contributed by atoms with Crippen LogP contribution in [0.3, 0.4) is 0 Å². The van der Waals surface area contributed by atoms with Gasteiger partial charge >= 0.3 is 0 Å². The first kappa shape index (κ1) is 11.4. The molecule has 1 aromatic carbocycles. The predicted octanol–water partition coefficient (Wildman–Crippen LogP) is 2.18. The zero-order chi connectivity index (χ0) is 12.2. The average Bonchev–Trinajstić information content (AvgIpc) is 2.92. The second-order valence-electron chi connectivity index (χ2n) is 4.75. The van der Waals surface area contributed by atoms with E-state index in [2.05, 4.69) is 20.6 Å². The molecule has 2 aromatic rings. The largest absolute Gasteiger partial charge is 0.369 e. The topological polar surface area (TPSA) is 49.8 Å². The smallest absolute Gasteiger partial charge is 0.145 e. The molecule has 4 nitrogen and oxygen atoms in total. The van der Waals surface area contributed by atoms with Gasteiger partial charge in [0.15, 0.2) is 0 Å². The summed E-state index contributed by atoms with van der Waals surface area (Å²) in [5.41, 5.74) is 1.89. The van der Waals surface area contributed by atoms with Crippen LogP contribution in [-0.4, -0.2) is 29.1 Å². The fourth-order valence-electron chi connectivity index (χ4n) is 2.42. The van der Waals surface area contributed by atoms with Gasteiger partial charge in [-0.25, -0.2) is 4.98 Å². The van der Waals surface area contributed by atoms with Gasteiger partial charge in [-0.15, -0.1) is 0 Å². The van der Waals surface area contributed by atoms with Crippen LogP contribution in [0.15, 0.2) is 30.5 Å². The molecule has 18 heavy (non-hydrogen) atoms. The maximum Gasteiger partial charge on any atom is 0.145 e. The van der Waals surface area contributed by atoms with Gasteiger partial charge in [-0.1, -0.05) is 12.1 Å². The molecule has 94 valence electrons. The van der Waals surface area contributed by atoms with Crippen molar-refractivity contribution in [1.29, 1.82) is 0 Å². The van der Waals surface area contributed by atoms with Gasteiger partial charge in [0.05, 0.1) is 17.2 Å². The molecule has 0 bridgehead atoms. The molecule has 4 heteroatoms. The van der Waals surface area contributed by atoms with Crippen LogP contribution in [0.1, 0.15) is 19.3 Å². The van der Waals surface area contributed by atoms with Crippen molar-refractivity contribution in [3.63, 3.8) is 0 Å². The predicted molar refractivity (Wildman–Crippen MR) is 73.7 cm³/mol. The Bertz CT molecular complexity index is 520. The van der Waals surface area contributed by atoms with Gasteiger partial charge in [-0.3, -0.25) is 4.98 Å². The molecule has 1 fully saturated rings. The molecule has 0 amide bonds. The number of rotatable bonds is 4. The first-order valence-corrected chi connectivity index (χ1v) is 6.61. The van der Waals surface area contributed by atoms with Gasteiger partial charge in [0.2, 0.25) is 0 Å². The van der Waals surface area contributed by atoms with Crippen molar-refractivity contribution in [2.75, 3.05) is 18.4 Å². The van der Waals surface area contributed by atoms with Gasteiger partial charge in [-0.2, -0.15) is 0 Å². The first-order valence-electron chi connectivity index (χ1n) is 6.61. The van der Waals surface area contributed by atoms with E-state index in [0.29, 0.717) is 6.04 Å². The highest BCUT2D eigenvalue weighted by molar-refractivity contribution is 5.75. The number of aromatic nitrogens is 2. The first-order chi connectivity index (χ1) is 8.92. The van der Waals surface area contributed by atoms with Crippen LogP contribution in [0.5, 0.6) is 0 Å². The highest BCUT2D eigenvalue weighted by Crippen LogP contribution is 2.12. The molecule has 0 spiro atoms. The van der Waals surface area contributed by atoms with Crippen molar-refractivity contribution >= 4 is 16.9 Å². The lowest BCUT2D eigenvalue weighted by atomic mass is 10.1. The molecule has 0 aliphatic carbocycles. The monoisotopic (exact) mass is 242 g/mol. The molecule has 1 saturated heterocycles. The molecular formula is C14H18N4. The second kappa shape index (κ2) is 5.31. The summed E-state index contributed by atoms with van der Waals surface area (Å²) in [6, 6.07) is 8.62. The summed E-state index contributed by atoms with van der Waals surface area (Å²) < 4.78 is 0. The maximum atomic E-state index is 4.55. The normalized spacial score (nSPS) is 19.2. The molecule has 1 aliphatic rings. The van der Waals surface area contributed by atoms with E-state index in [1.54, 1.807) is 0 Å². The fourth-order valence-corrected chi connectivity index (χ4v) is 2.42. The second-order valence-corrected chi connectivity index (χ2v) is 4.75. The third-order valence-corrected chi connectivity index (χ3v) is 3.41. The Hall–Kier alpha value is -1.68. The molecule has 0 saturated carbocycles. The average molecular weight is 242 g/mol. The van der Waals surface area contributed by atoms with E-state index in [-0.39, 0.29) is 0 Å². The van der Waals surface area contributed by atoms with Crippen LogP contribution in [0.2, 0.25) is 0 Å². The van der Waals surface area contributed by atoms with Crippen molar-refractivity contribution in [1.82, 2.24) is 15.3 Å². The minimum Gasteiger partial charge on any atom is -0.369 e. The summed E-state index contributed by atoms with van der Waals surface area (Å²) in [5.74, 6) is 0.867. The lowest BCUT2D eigenvalue weighted by Crippen LogP contribution is -2.24. The van der Waals surface area contributed by atoms with E-state index >= 15 is 0 Å². The number of hydrogen-bond donors (Lipinski definition) is 2. The van der Waals surface area contributed by atoms with Crippen LogP contribution in [0.25, 0.3) is 11.0 Å². The number of fused-ring (bicyclic) bond motifs is 1. The molecule has 0 radical (unpaired) electrons. The van der Waals surface area contributed by atoms with Crippen LogP contribution >= 0.6 is 0 Å². The third-order valence-electron chi connectivity index (χ3n) is 3.41. The van der Waals surface area contributed by atoms with Crippen molar-refractivity contribution < 1.29 is 0 Å². The summed E-state index contributed by atoms with van der Waals surface area (Å²) in [7, 11) is 0. The number of nitrogens with zero attached hydrogens (tertiary/aromatic N) is 2. The quantitative estimate of drug-likeness (QED) is 0.863. The molecule has 1 aliphatic heterocycles. The SMILES string of the molecule is c1ccc2nc(NCC[C@H]3CCCN3)cnc2c1. The number of benzene rings is 1. The highest BCUT2D eigenvalue weighted by Gasteiger charge is 2.12. The zero-order valence-corrected chi connectivity index (χ0v) is 10.4. The van der Waals surface area contributed by atoms with Crippen molar-refractivity contribution in [3.8, 4) is 0 Å². The Morgan fingerprint density at radius 1 is 1.28 bits per heavy atom. The summed E-state index contributed by atoms with van der Waals surface area (Å²) in [6.07, 6.45) is 5.56. The molecule has 2 N–H and O–H groups in total. The standard InChI is InChI=1S/C14H18N4/c1-2-6-13-12(5-1)17-10-14(18-13)16-9-7-11-4-3-8-15-11/h1-2,5-6,10-11,15H,3-4,7-9H2,(H,16,18)/t11-/m1/s1. The third kappa shape index (κ3) is 2.59. The van der Waals surface area contributed by atoms with Gasteiger partial charge < -0.3 is 10.6 Å². The molecular weight excluding hydrogens is 224 g/mol. The number of para-hydroxylation sites is 2. The number of nitrogens with one attached hydrogen (secondary N) is 2. The maximum absolute atomic E-state index is 4.55. The van der Waals surface area contributed by atoms with E-state index in [9.17, 15) is 0 Å². The number of anilines is 1. The fraction of sp³-hybridized carbons (Fsp3) is 0.429. The van der Waals surface area contributed by atoms with Crippen molar-refractivity contribution in [2.45, 2.75) is 25.3 Å². The summed E-state index contributed by atoms with van der Waals surface area (Å²) in [5, 5.41) is 6.85. The van der Waals surface area contributed by atoms with E-state index < -0.39 is 0 Å². The van der Waals surface area contributed by atoms with Crippen molar-refractivity contribution in [2.24, 2.45) is 0 Å². The Morgan fingerprint density at radius 3 is 3.00 bits per heavy atom. The minimum absolute atomic E-state index is 0.672. The Balaban J connectivity index is 1.60. The van der Waals surface area contributed by atoms with Gasteiger partial charge in [0.1, 0.15) is 5.82 Å². The molecule has 0 unspecified atom stereocenters. The van der Waals surface area contributed by atoms with Gasteiger partial charge in [0, 0.05) is 12.6 Å². The Morgan fingerprint density at radius 2 is 2.17 bits per heavy atom. The van der Waals surface area contributed by atoms with E-state index in [1.807, 2.05) is 30.5 Å². The van der Waals surface area contributed by atoms with Crippen molar-refractivity contribution in [3.05, 3.63) is 30.5 Å². The lowest BCUT2D eigenvalue weighted by molar-refractivity contribution is 0.574. The molecule has 3 rings (SSSR count). The lowest BCUT2D eigenvalue weighted by Gasteiger charge is -2.11. The van der Waals surface area contributed by atoms with Crippen LogP contribution < -0.4 is 10.6 Å². The molecule has 1 aromatic heterocycles. The number of hydrogen-bond acceptors (Lipinski definition) is 4. The van der Waals surface area contributed by atoms with Crippen LogP contribution in [0.4, 0.5) is 5.82 Å². The Kier molecular flexibility index (Phi) is 3.37. The van der Waals surface area contributed by atoms with E-state index in [0.717, 1.165) is 29.8 Å². The molecule has 1 atom stereocenters. The van der Waals surface area contributed by atoms with Crippen LogP contribution in [0, 0.1) is 0 Å². The summed E-state index contributed by atoms with van der Waals surface area (Å²) in [4.78, 5) is 8.94. The van der Waals surface area contributed by atoms with Crippen LogP contribution in [-0.2, 0) is 0 Å². The summed E-state index contributed by atoms with van der Waals surface area (Å²) >= 11 is 0. The Labute approximate surface area is 107 Å². The molecule has 2 heterocycles. The zero-order valence-electron chi connectivity index (χ0n) is 10.4. The summed E-state index contributed by atoms with van der Waals surface area (Å²) in [6.45, 7) is 2.12. The van der Waals surface area contributed by atoms with E-state index in [4.69, 9.17) is 0 Å². The van der Waals surface area contributed by atoms with E-state index in [1.165, 1.54) is 19.4 Å². The van der Waals surface area contributed by atoms with Gasteiger partial charge in [-0.05, 0) is 37.9 Å². The van der Waals surface area contributed by atoms with Gasteiger partial charge in [0.25, 0.3) is 0 Å². The highest BCUT2D eigenvalue weighted by atomic mass is 15.0. The minimum atomic E-state index is 0.672.